The van der Waals surface area contributed by atoms with Gasteiger partial charge in [0, 0.05) is 6.42 Å². The van der Waals surface area contributed by atoms with Crippen LogP contribution in [0, 0.1) is 11.8 Å². The highest BCUT2D eigenvalue weighted by Crippen LogP contribution is 2.15. The molecule has 0 aliphatic carbocycles. The van der Waals surface area contributed by atoms with Crippen LogP contribution >= 0.6 is 0 Å². The predicted molar refractivity (Wildman–Crippen MR) is 57.3 cm³/mol. The van der Waals surface area contributed by atoms with Gasteiger partial charge in [-0.25, -0.2) is 0 Å². The molecule has 0 radical (unpaired) electrons. The molecule has 0 aliphatic rings. The Balaban J connectivity index is 2.29. The molecule has 4 heteroatoms. The largest absolute Gasteiger partial charge is 0.467 e. The first-order chi connectivity index (χ1) is 7.74. The molecule has 1 atom stereocenters. The van der Waals surface area contributed by atoms with Gasteiger partial charge in [0.2, 0.25) is 0 Å². The van der Waals surface area contributed by atoms with Gasteiger partial charge >= 0.3 is 5.97 Å². The van der Waals surface area contributed by atoms with E-state index in [1.165, 1.54) is 6.26 Å². The van der Waals surface area contributed by atoms with E-state index >= 15 is 0 Å². The van der Waals surface area contributed by atoms with Crippen LogP contribution in [-0.2, 0) is 9.53 Å². The van der Waals surface area contributed by atoms with Gasteiger partial charge in [-0.3, -0.25) is 4.79 Å². The zero-order chi connectivity index (χ0) is 11.8. The summed E-state index contributed by atoms with van der Waals surface area (Å²) in [5.41, 5.74) is 0. The summed E-state index contributed by atoms with van der Waals surface area (Å²) in [6.07, 6.45) is 1.04. The number of furan rings is 1. The minimum atomic E-state index is -0.746. The Hall–Kier alpha value is -1.73. The minimum absolute atomic E-state index is 0.0543. The Morgan fingerprint density at radius 3 is 3.06 bits per heavy atom. The number of carbonyl (C=O) groups is 1. The number of aliphatic hydroxyl groups is 1. The maximum Gasteiger partial charge on any atom is 0.317 e. The molecule has 1 N–H and O–H groups in total. The second-order valence-corrected chi connectivity index (χ2v) is 3.07. The van der Waals surface area contributed by atoms with Crippen LogP contribution in [0.2, 0.25) is 0 Å². The fourth-order valence-corrected chi connectivity index (χ4v) is 1.10. The molecule has 0 saturated carbocycles. The highest BCUT2D eigenvalue weighted by molar-refractivity contribution is 5.72. The quantitative estimate of drug-likeness (QED) is 0.621. The van der Waals surface area contributed by atoms with Gasteiger partial charge in [0.15, 0.2) is 0 Å². The Labute approximate surface area is 94.2 Å². The van der Waals surface area contributed by atoms with Crippen molar-refractivity contribution in [2.45, 2.75) is 25.9 Å². The normalized spacial score (nSPS) is 11.4. The molecule has 1 aromatic rings. The summed E-state index contributed by atoms with van der Waals surface area (Å²) in [6.45, 7) is 2.10. The summed E-state index contributed by atoms with van der Waals surface area (Å²) in [7, 11) is 0. The Bertz CT molecular complexity index is 369. The number of ether oxygens (including phenoxy) is 1. The van der Waals surface area contributed by atoms with Crippen LogP contribution in [0.15, 0.2) is 22.8 Å². The van der Waals surface area contributed by atoms with E-state index in [4.69, 9.17) is 9.15 Å². The Morgan fingerprint density at radius 1 is 1.62 bits per heavy atom. The monoisotopic (exact) mass is 222 g/mol. The average molecular weight is 222 g/mol. The van der Waals surface area contributed by atoms with Gasteiger partial charge in [-0.1, -0.05) is 11.8 Å². The fraction of sp³-hybridized carbons (Fsp3) is 0.417. The number of carbonyl (C=O) groups excluding carboxylic acids is 1. The predicted octanol–water partition coefficient (Wildman–Crippen LogP) is 1.66. The molecule has 4 nitrogen and oxygen atoms in total. The Kier molecular flexibility index (Phi) is 5.17. The van der Waals surface area contributed by atoms with Crippen LogP contribution in [0.4, 0.5) is 0 Å². The topological polar surface area (TPSA) is 59.7 Å². The second-order valence-electron chi connectivity index (χ2n) is 3.07. The standard InChI is InChI=1S/C12H14O4/c1-2-15-12(14)8-4-3-6-10(13)11-7-5-9-16-11/h5,7,9-10,13H,2,6,8H2,1H3. The number of hydrogen-bond donors (Lipinski definition) is 1. The highest BCUT2D eigenvalue weighted by atomic mass is 16.5. The fourth-order valence-electron chi connectivity index (χ4n) is 1.10. The van der Waals surface area contributed by atoms with E-state index in [1.807, 2.05) is 0 Å². The molecule has 0 saturated heterocycles. The molecule has 86 valence electrons. The van der Waals surface area contributed by atoms with E-state index in [-0.39, 0.29) is 18.8 Å². The van der Waals surface area contributed by atoms with Crippen LogP contribution in [0.25, 0.3) is 0 Å². The maximum absolute atomic E-state index is 10.9. The first kappa shape index (κ1) is 12.3. The van der Waals surface area contributed by atoms with Gasteiger partial charge in [-0.15, -0.1) is 0 Å². The molecule has 0 spiro atoms. The molecular weight excluding hydrogens is 208 g/mol. The molecular formula is C12H14O4. The number of aliphatic hydroxyl groups excluding tert-OH is 1. The molecule has 1 heterocycles. The van der Waals surface area contributed by atoms with Crippen molar-refractivity contribution in [3.05, 3.63) is 24.2 Å². The van der Waals surface area contributed by atoms with Crippen molar-refractivity contribution in [1.29, 1.82) is 0 Å². The second kappa shape index (κ2) is 6.70. The van der Waals surface area contributed by atoms with Crippen LogP contribution in [0.1, 0.15) is 31.6 Å². The lowest BCUT2D eigenvalue weighted by Crippen LogP contribution is -2.01. The summed E-state index contributed by atoms with van der Waals surface area (Å²) >= 11 is 0. The van der Waals surface area contributed by atoms with Crippen molar-refractivity contribution in [3.63, 3.8) is 0 Å². The molecule has 1 unspecified atom stereocenters. The molecule has 0 bridgehead atoms. The van der Waals surface area contributed by atoms with E-state index in [9.17, 15) is 9.90 Å². The molecule has 16 heavy (non-hydrogen) atoms. The third-order valence-electron chi connectivity index (χ3n) is 1.83. The summed E-state index contributed by atoms with van der Waals surface area (Å²) in [6, 6.07) is 3.38. The van der Waals surface area contributed by atoms with Crippen LogP contribution < -0.4 is 0 Å². The zero-order valence-corrected chi connectivity index (χ0v) is 9.10. The van der Waals surface area contributed by atoms with Gasteiger partial charge in [0.25, 0.3) is 0 Å². The van der Waals surface area contributed by atoms with Crippen LogP contribution in [0.3, 0.4) is 0 Å². The van der Waals surface area contributed by atoms with E-state index in [2.05, 4.69) is 11.8 Å². The van der Waals surface area contributed by atoms with Crippen molar-refractivity contribution in [2.24, 2.45) is 0 Å². The average Bonchev–Trinajstić information content (AvgIpc) is 2.78. The van der Waals surface area contributed by atoms with Gasteiger partial charge < -0.3 is 14.3 Å². The number of esters is 1. The molecule has 1 aromatic heterocycles. The van der Waals surface area contributed by atoms with Gasteiger partial charge in [-0.05, 0) is 19.1 Å². The van der Waals surface area contributed by atoms with Crippen molar-refractivity contribution >= 4 is 5.97 Å². The van der Waals surface area contributed by atoms with Gasteiger partial charge in [0.1, 0.15) is 18.3 Å². The number of rotatable bonds is 4. The van der Waals surface area contributed by atoms with E-state index in [0.717, 1.165) is 0 Å². The molecule has 0 aliphatic heterocycles. The first-order valence-electron chi connectivity index (χ1n) is 5.06. The maximum atomic E-state index is 10.9. The van der Waals surface area contributed by atoms with E-state index in [0.29, 0.717) is 12.4 Å². The van der Waals surface area contributed by atoms with Gasteiger partial charge in [-0.2, -0.15) is 0 Å². The number of hydrogen-bond acceptors (Lipinski definition) is 4. The summed E-state index contributed by atoms with van der Waals surface area (Å²) < 4.78 is 9.70. The van der Waals surface area contributed by atoms with Crippen LogP contribution in [-0.4, -0.2) is 17.7 Å². The third kappa shape index (κ3) is 4.20. The molecule has 0 amide bonds. The van der Waals surface area contributed by atoms with Crippen LogP contribution in [0.5, 0.6) is 0 Å². The smallest absolute Gasteiger partial charge is 0.317 e. The van der Waals surface area contributed by atoms with Crippen molar-refractivity contribution in [2.75, 3.05) is 6.61 Å². The molecule has 0 aromatic carbocycles. The summed E-state index contributed by atoms with van der Waals surface area (Å²) in [5.74, 6) is 5.47. The van der Waals surface area contributed by atoms with Crippen molar-refractivity contribution in [1.82, 2.24) is 0 Å². The third-order valence-corrected chi connectivity index (χ3v) is 1.83. The first-order valence-corrected chi connectivity index (χ1v) is 5.06. The summed E-state index contributed by atoms with van der Waals surface area (Å²) in [4.78, 5) is 10.9. The molecule has 0 fully saturated rings. The lowest BCUT2D eigenvalue weighted by Gasteiger charge is -2.01. The summed E-state index contributed by atoms with van der Waals surface area (Å²) in [5, 5.41) is 9.57. The van der Waals surface area contributed by atoms with Crippen molar-refractivity contribution < 1.29 is 19.1 Å². The zero-order valence-electron chi connectivity index (χ0n) is 9.10. The Morgan fingerprint density at radius 2 is 2.44 bits per heavy atom. The van der Waals surface area contributed by atoms with Crippen molar-refractivity contribution in [3.8, 4) is 11.8 Å². The van der Waals surface area contributed by atoms with Gasteiger partial charge in [0.05, 0.1) is 12.9 Å². The lowest BCUT2D eigenvalue weighted by atomic mass is 10.2. The molecule has 1 rings (SSSR count). The SMILES string of the molecule is CCOC(=O)CC#CCC(O)c1ccco1. The van der Waals surface area contributed by atoms with E-state index in [1.54, 1.807) is 19.1 Å². The van der Waals surface area contributed by atoms with E-state index < -0.39 is 6.10 Å². The minimum Gasteiger partial charge on any atom is -0.467 e. The highest BCUT2D eigenvalue weighted by Gasteiger charge is 2.07. The lowest BCUT2D eigenvalue weighted by molar-refractivity contribution is -0.141.